The van der Waals surface area contributed by atoms with Gasteiger partial charge in [0.05, 0.1) is 42.7 Å². The molecule has 1 heterocycles. The Morgan fingerprint density at radius 3 is 2.22 bits per heavy atom. The third-order valence-corrected chi connectivity index (χ3v) is 14.8. The molecule has 4 aliphatic carbocycles. The van der Waals surface area contributed by atoms with Crippen LogP contribution in [-0.4, -0.2) is 127 Å². The molecule has 4 saturated carbocycles. The van der Waals surface area contributed by atoms with E-state index < -0.39 is 94.0 Å². The van der Waals surface area contributed by atoms with Crippen molar-refractivity contribution in [3.63, 3.8) is 0 Å². The molecule has 14 nitrogen and oxygen atoms in total. The van der Waals surface area contributed by atoms with Crippen molar-refractivity contribution in [1.29, 1.82) is 0 Å². The van der Waals surface area contributed by atoms with Crippen molar-refractivity contribution in [2.75, 3.05) is 13.2 Å². The van der Waals surface area contributed by atoms with Gasteiger partial charge in [-0.25, -0.2) is 4.18 Å². The molecule has 15 heteroatoms. The summed E-state index contributed by atoms with van der Waals surface area (Å²) < 4.78 is 47.9. The molecular formula is C35H62O14S. The first-order valence-electron chi connectivity index (χ1n) is 18.5. The lowest BCUT2D eigenvalue weighted by atomic mass is 9.40. The van der Waals surface area contributed by atoms with Gasteiger partial charge in [0, 0.05) is 24.2 Å². The van der Waals surface area contributed by atoms with E-state index in [4.69, 9.17) is 9.47 Å². The summed E-state index contributed by atoms with van der Waals surface area (Å²) in [7, 11) is -5.02. The van der Waals surface area contributed by atoms with Gasteiger partial charge >= 0.3 is 10.4 Å². The van der Waals surface area contributed by atoms with Crippen LogP contribution in [0.4, 0.5) is 0 Å². The van der Waals surface area contributed by atoms with Crippen molar-refractivity contribution in [2.24, 2.45) is 46.3 Å². The van der Waals surface area contributed by atoms with E-state index in [-0.39, 0.29) is 49.0 Å². The minimum absolute atomic E-state index is 0.0415. The molecule has 0 amide bonds. The monoisotopic (exact) mass is 738 g/mol. The smallest absolute Gasteiger partial charge is 0.394 e. The minimum atomic E-state index is -5.02. The van der Waals surface area contributed by atoms with Crippen LogP contribution in [0.1, 0.15) is 98.8 Å². The highest BCUT2D eigenvalue weighted by Gasteiger charge is 2.74. The van der Waals surface area contributed by atoms with E-state index >= 15 is 0 Å². The van der Waals surface area contributed by atoms with Gasteiger partial charge in [0.25, 0.3) is 0 Å². The molecule has 50 heavy (non-hydrogen) atoms. The van der Waals surface area contributed by atoms with Gasteiger partial charge in [-0.3, -0.25) is 4.55 Å². The van der Waals surface area contributed by atoms with Crippen molar-refractivity contribution in [1.82, 2.24) is 0 Å². The standard InChI is InChI=1S/C35H62O14S/c1-18(2)20(10-13-47-31-29(49-50(44,45)46)28(41)27(40)24(17-36)48-31)7-6-19(3)22-14-23(38)30-32(22,4)11-9-25-33(5)12-8-21(37)15-35(33,43)26(39)16-34(25,30)42/h18-31,36-43H,6-17H2,1-5H3,(H,44,45,46)/t19-,20-,21+,22-,23?,24?,25?,26-,27?,28?,29?,30?,31?,32-,33-,34+,35+/m1/s1. The van der Waals surface area contributed by atoms with Crippen molar-refractivity contribution in [3.05, 3.63) is 0 Å². The first-order chi connectivity index (χ1) is 23.1. The zero-order chi connectivity index (χ0) is 37.2. The topological polar surface area (TPSA) is 244 Å². The van der Waals surface area contributed by atoms with E-state index in [2.05, 4.69) is 31.9 Å². The molecule has 1 aliphatic heterocycles. The van der Waals surface area contributed by atoms with Crippen LogP contribution in [0.2, 0.25) is 0 Å². The number of rotatable bonds is 12. The molecule has 5 rings (SSSR count). The van der Waals surface area contributed by atoms with Crippen LogP contribution in [0.3, 0.4) is 0 Å². The molecule has 292 valence electrons. The van der Waals surface area contributed by atoms with Crippen molar-refractivity contribution < 1.29 is 67.5 Å². The Balaban J connectivity index is 1.24. The zero-order valence-electron chi connectivity index (χ0n) is 30.0. The van der Waals surface area contributed by atoms with Crippen LogP contribution in [0.5, 0.6) is 0 Å². The Kier molecular flexibility index (Phi) is 11.9. The second-order valence-electron chi connectivity index (χ2n) is 17.3. The largest absolute Gasteiger partial charge is 0.397 e. The Morgan fingerprint density at radius 1 is 0.920 bits per heavy atom. The summed E-state index contributed by atoms with van der Waals surface area (Å²) in [5, 5.41) is 88.0. The van der Waals surface area contributed by atoms with Gasteiger partial charge in [-0.2, -0.15) is 8.42 Å². The van der Waals surface area contributed by atoms with E-state index in [1.165, 1.54) is 0 Å². The predicted octanol–water partition coefficient (Wildman–Crippen LogP) is 0.900. The number of ether oxygens (including phenoxy) is 2. The zero-order valence-corrected chi connectivity index (χ0v) is 30.9. The molecule has 0 aromatic carbocycles. The summed E-state index contributed by atoms with van der Waals surface area (Å²) in [6, 6.07) is 0. The summed E-state index contributed by atoms with van der Waals surface area (Å²) in [6.07, 6.45) is -5.52. The second kappa shape index (κ2) is 14.6. The van der Waals surface area contributed by atoms with Gasteiger partial charge < -0.3 is 50.3 Å². The molecule has 9 N–H and O–H groups in total. The maximum atomic E-state index is 12.6. The van der Waals surface area contributed by atoms with E-state index in [9.17, 15) is 53.8 Å². The number of hydrogen-bond donors (Lipinski definition) is 9. The third-order valence-electron chi connectivity index (χ3n) is 14.4. The summed E-state index contributed by atoms with van der Waals surface area (Å²) in [4.78, 5) is 0. The van der Waals surface area contributed by atoms with E-state index in [1.54, 1.807) is 0 Å². The summed E-state index contributed by atoms with van der Waals surface area (Å²) in [5.41, 5.74) is -4.06. The van der Waals surface area contributed by atoms with Crippen LogP contribution in [0.25, 0.3) is 0 Å². The molecular weight excluding hydrogens is 676 g/mol. The fraction of sp³-hybridized carbons (Fsp3) is 1.00. The first-order valence-corrected chi connectivity index (χ1v) is 19.9. The van der Waals surface area contributed by atoms with Crippen LogP contribution in [0, 0.1) is 46.3 Å². The highest BCUT2D eigenvalue weighted by Crippen LogP contribution is 2.70. The van der Waals surface area contributed by atoms with E-state index in [0.29, 0.717) is 32.1 Å². The van der Waals surface area contributed by atoms with Gasteiger partial charge in [0.1, 0.15) is 18.3 Å². The number of fused-ring (bicyclic) bond motifs is 5. The van der Waals surface area contributed by atoms with Gasteiger partial charge in [0.2, 0.25) is 0 Å². The molecule has 0 aromatic rings. The summed E-state index contributed by atoms with van der Waals surface area (Å²) in [5.74, 6) is -0.101. The maximum absolute atomic E-state index is 12.6. The molecule has 0 radical (unpaired) electrons. The molecule has 0 aromatic heterocycles. The fourth-order valence-corrected chi connectivity index (χ4v) is 12.1. The van der Waals surface area contributed by atoms with Gasteiger partial charge in [-0.05, 0) is 80.0 Å². The summed E-state index contributed by atoms with van der Waals surface area (Å²) >= 11 is 0. The second-order valence-corrected chi connectivity index (χ2v) is 18.4. The molecule has 1 saturated heterocycles. The molecule has 8 unspecified atom stereocenters. The lowest BCUT2D eigenvalue weighted by Crippen LogP contribution is -2.75. The van der Waals surface area contributed by atoms with Crippen LogP contribution >= 0.6 is 0 Å². The third kappa shape index (κ3) is 7.06. The van der Waals surface area contributed by atoms with E-state index in [0.717, 1.165) is 19.3 Å². The van der Waals surface area contributed by atoms with E-state index in [1.807, 2.05) is 6.92 Å². The molecule has 17 atom stereocenters. The first kappa shape index (κ1) is 40.7. The Labute approximate surface area is 296 Å². The highest BCUT2D eigenvalue weighted by atomic mass is 32.3. The van der Waals surface area contributed by atoms with Crippen LogP contribution in [0.15, 0.2) is 0 Å². The molecule has 5 aliphatic rings. The minimum Gasteiger partial charge on any atom is -0.394 e. The van der Waals surface area contributed by atoms with Crippen LogP contribution in [-0.2, 0) is 24.1 Å². The lowest BCUT2D eigenvalue weighted by molar-refractivity contribution is -0.315. The van der Waals surface area contributed by atoms with Gasteiger partial charge in [-0.1, -0.05) is 41.0 Å². The average molecular weight is 739 g/mol. The summed E-state index contributed by atoms with van der Waals surface area (Å²) in [6.45, 7) is 9.88. The maximum Gasteiger partial charge on any atom is 0.397 e. The van der Waals surface area contributed by atoms with Gasteiger partial charge in [0.15, 0.2) is 12.4 Å². The Bertz CT molecular complexity index is 1290. The normalized spacial score (nSPS) is 49.2. The Hall–Kier alpha value is -0.530. The lowest BCUT2D eigenvalue weighted by Gasteiger charge is -2.68. The number of hydrogen-bond acceptors (Lipinski definition) is 13. The SMILES string of the molecule is CC(C)[C@@H](CCOC1OC(CO)C(O)C(O)C1OS(=O)(=O)O)CC[C@@H](C)[C@H]1CC(O)C2[C@]3(O)C[C@@H](O)[C@@]4(O)C[C@@H](O)CC[C@]4(C)C3CC[C@@]21C. The van der Waals surface area contributed by atoms with Crippen LogP contribution < -0.4 is 0 Å². The molecule has 0 bridgehead atoms. The highest BCUT2D eigenvalue weighted by molar-refractivity contribution is 7.80. The molecule has 5 fully saturated rings. The molecule has 0 spiro atoms. The number of aliphatic hydroxyl groups excluding tert-OH is 6. The average Bonchev–Trinajstić information content (AvgIpc) is 3.29. The van der Waals surface area contributed by atoms with Gasteiger partial charge in [-0.15, -0.1) is 0 Å². The van der Waals surface area contributed by atoms with Crippen molar-refractivity contribution in [2.45, 2.75) is 159 Å². The Morgan fingerprint density at radius 2 is 1.60 bits per heavy atom. The predicted molar refractivity (Wildman–Crippen MR) is 178 cm³/mol. The fourth-order valence-electron chi connectivity index (χ4n) is 11.6. The van der Waals surface area contributed by atoms with Crippen molar-refractivity contribution >= 4 is 10.4 Å². The number of aliphatic hydroxyl groups is 8. The quantitative estimate of drug-likeness (QED) is 0.126. The van der Waals surface area contributed by atoms with Crippen molar-refractivity contribution in [3.8, 4) is 0 Å².